The summed E-state index contributed by atoms with van der Waals surface area (Å²) in [5.74, 6) is -0.870. The first-order chi connectivity index (χ1) is 8.54. The molecule has 0 aliphatic heterocycles. The van der Waals surface area contributed by atoms with Crippen LogP contribution in [-0.2, 0) is 14.3 Å². The molecule has 0 heterocycles. The van der Waals surface area contributed by atoms with E-state index in [1.165, 1.54) is 14.0 Å². The summed E-state index contributed by atoms with van der Waals surface area (Å²) in [6.45, 7) is 1.43. The molecule has 96 valence electrons. The standard InChI is InChI=1S/C13H15NO4/c1-9(15)7-8-12(16)14-11-6-4-3-5-10(11)13(17)18-2/h3-6H,7-8H2,1-2H3,(H,14,16). The van der Waals surface area contributed by atoms with Crippen molar-refractivity contribution in [3.63, 3.8) is 0 Å². The number of methoxy groups -OCH3 is 1. The molecule has 0 aliphatic rings. The normalized spacial score (nSPS) is 9.67. The van der Waals surface area contributed by atoms with Gasteiger partial charge in [0.15, 0.2) is 0 Å². The predicted octanol–water partition coefficient (Wildman–Crippen LogP) is 1.78. The summed E-state index contributed by atoms with van der Waals surface area (Å²) in [6, 6.07) is 6.55. The fourth-order valence-corrected chi connectivity index (χ4v) is 1.38. The molecule has 0 unspecified atom stereocenters. The molecule has 0 saturated heterocycles. The van der Waals surface area contributed by atoms with Gasteiger partial charge in [-0.25, -0.2) is 4.79 Å². The van der Waals surface area contributed by atoms with Crippen molar-refractivity contribution in [2.24, 2.45) is 0 Å². The summed E-state index contributed by atoms with van der Waals surface area (Å²) in [6.07, 6.45) is 0.289. The van der Waals surface area contributed by atoms with E-state index in [-0.39, 0.29) is 30.1 Å². The highest BCUT2D eigenvalue weighted by molar-refractivity contribution is 6.01. The average molecular weight is 249 g/mol. The number of benzene rings is 1. The van der Waals surface area contributed by atoms with Crippen LogP contribution < -0.4 is 5.32 Å². The van der Waals surface area contributed by atoms with E-state index in [1.807, 2.05) is 0 Å². The van der Waals surface area contributed by atoms with Crippen LogP contribution in [0.25, 0.3) is 0 Å². The second kappa shape index (κ2) is 6.54. The van der Waals surface area contributed by atoms with Crippen LogP contribution in [0.4, 0.5) is 5.69 Å². The van der Waals surface area contributed by atoms with Gasteiger partial charge in [0.1, 0.15) is 5.78 Å². The van der Waals surface area contributed by atoms with Crippen LogP contribution in [0.2, 0.25) is 0 Å². The third-order valence-corrected chi connectivity index (χ3v) is 2.31. The van der Waals surface area contributed by atoms with Crippen molar-refractivity contribution in [1.82, 2.24) is 0 Å². The lowest BCUT2D eigenvalue weighted by atomic mass is 10.1. The number of hydrogen-bond acceptors (Lipinski definition) is 4. The summed E-state index contributed by atoms with van der Waals surface area (Å²) < 4.78 is 4.61. The summed E-state index contributed by atoms with van der Waals surface area (Å²) in [4.78, 5) is 33.8. The van der Waals surface area contributed by atoms with Crippen molar-refractivity contribution >= 4 is 23.3 Å². The summed E-state index contributed by atoms with van der Waals surface area (Å²) in [5, 5.41) is 2.59. The minimum Gasteiger partial charge on any atom is -0.465 e. The predicted molar refractivity (Wildman–Crippen MR) is 66.3 cm³/mol. The molecular weight excluding hydrogens is 234 g/mol. The number of Topliss-reactive ketones (excluding diaryl/α,β-unsaturated/α-hetero) is 1. The number of ether oxygens (including phenoxy) is 1. The van der Waals surface area contributed by atoms with E-state index >= 15 is 0 Å². The van der Waals surface area contributed by atoms with E-state index in [9.17, 15) is 14.4 Å². The number of carbonyl (C=O) groups is 3. The van der Waals surface area contributed by atoms with Crippen LogP contribution in [0, 0.1) is 0 Å². The van der Waals surface area contributed by atoms with Crippen LogP contribution in [-0.4, -0.2) is 24.8 Å². The number of ketones is 1. The summed E-state index contributed by atoms with van der Waals surface area (Å²) in [7, 11) is 1.27. The summed E-state index contributed by atoms with van der Waals surface area (Å²) >= 11 is 0. The molecule has 5 nitrogen and oxygen atoms in total. The number of esters is 1. The van der Waals surface area contributed by atoms with Crippen molar-refractivity contribution in [2.75, 3.05) is 12.4 Å². The Morgan fingerprint density at radius 2 is 1.83 bits per heavy atom. The SMILES string of the molecule is COC(=O)c1ccccc1NC(=O)CCC(C)=O. The largest absolute Gasteiger partial charge is 0.465 e. The van der Waals surface area contributed by atoms with Gasteiger partial charge < -0.3 is 14.8 Å². The molecule has 1 rings (SSSR count). The Bertz CT molecular complexity index is 468. The number of carbonyl (C=O) groups excluding carboxylic acids is 3. The maximum atomic E-state index is 11.6. The molecule has 0 bridgehead atoms. The lowest BCUT2D eigenvalue weighted by Crippen LogP contribution is -2.15. The smallest absolute Gasteiger partial charge is 0.339 e. The van der Waals surface area contributed by atoms with Gasteiger partial charge in [-0.1, -0.05) is 12.1 Å². The Labute approximate surface area is 105 Å². The first kappa shape index (κ1) is 13.9. The van der Waals surface area contributed by atoms with Gasteiger partial charge in [-0.3, -0.25) is 4.79 Å². The Balaban J connectivity index is 2.75. The van der Waals surface area contributed by atoms with E-state index in [1.54, 1.807) is 24.3 Å². The van der Waals surface area contributed by atoms with Gasteiger partial charge in [-0.05, 0) is 19.1 Å². The average Bonchev–Trinajstić information content (AvgIpc) is 2.36. The van der Waals surface area contributed by atoms with Crippen molar-refractivity contribution in [3.8, 4) is 0 Å². The van der Waals surface area contributed by atoms with E-state index < -0.39 is 5.97 Å². The molecule has 0 fully saturated rings. The number of hydrogen-bond donors (Lipinski definition) is 1. The molecule has 0 saturated carbocycles. The Morgan fingerprint density at radius 3 is 2.44 bits per heavy atom. The lowest BCUT2D eigenvalue weighted by molar-refractivity contribution is -0.121. The second-order valence-corrected chi connectivity index (χ2v) is 3.79. The van der Waals surface area contributed by atoms with Gasteiger partial charge in [-0.15, -0.1) is 0 Å². The molecule has 0 aromatic heterocycles. The van der Waals surface area contributed by atoms with Gasteiger partial charge in [0, 0.05) is 12.8 Å². The highest BCUT2D eigenvalue weighted by Crippen LogP contribution is 2.16. The number of rotatable bonds is 5. The molecule has 1 aromatic carbocycles. The molecule has 0 spiro atoms. The minimum atomic E-state index is -0.516. The first-order valence-corrected chi connectivity index (χ1v) is 5.51. The fourth-order valence-electron chi connectivity index (χ4n) is 1.38. The zero-order chi connectivity index (χ0) is 13.5. The van der Waals surface area contributed by atoms with Crippen LogP contribution in [0.5, 0.6) is 0 Å². The van der Waals surface area contributed by atoms with E-state index in [2.05, 4.69) is 10.1 Å². The van der Waals surface area contributed by atoms with Crippen LogP contribution in [0.15, 0.2) is 24.3 Å². The quantitative estimate of drug-likeness (QED) is 0.807. The fraction of sp³-hybridized carbons (Fsp3) is 0.308. The van der Waals surface area contributed by atoms with E-state index in [0.717, 1.165) is 0 Å². The second-order valence-electron chi connectivity index (χ2n) is 3.79. The van der Waals surface area contributed by atoms with Crippen LogP contribution >= 0.6 is 0 Å². The molecule has 1 amide bonds. The van der Waals surface area contributed by atoms with Crippen molar-refractivity contribution < 1.29 is 19.1 Å². The zero-order valence-corrected chi connectivity index (χ0v) is 10.4. The molecule has 1 N–H and O–H groups in total. The van der Waals surface area contributed by atoms with Gasteiger partial charge in [-0.2, -0.15) is 0 Å². The topological polar surface area (TPSA) is 72.5 Å². The molecule has 18 heavy (non-hydrogen) atoms. The minimum absolute atomic E-state index is 0.0496. The van der Waals surface area contributed by atoms with Crippen molar-refractivity contribution in [3.05, 3.63) is 29.8 Å². The van der Waals surface area contributed by atoms with Gasteiger partial charge in [0.05, 0.1) is 18.4 Å². The number of amides is 1. The summed E-state index contributed by atoms with van der Waals surface area (Å²) in [5.41, 5.74) is 0.675. The maximum Gasteiger partial charge on any atom is 0.339 e. The Hall–Kier alpha value is -2.17. The van der Waals surface area contributed by atoms with E-state index in [4.69, 9.17) is 0 Å². The Morgan fingerprint density at radius 1 is 1.17 bits per heavy atom. The van der Waals surface area contributed by atoms with Crippen molar-refractivity contribution in [2.45, 2.75) is 19.8 Å². The molecule has 0 atom stereocenters. The van der Waals surface area contributed by atoms with E-state index in [0.29, 0.717) is 5.69 Å². The molecule has 0 radical (unpaired) electrons. The van der Waals surface area contributed by atoms with Crippen LogP contribution in [0.3, 0.4) is 0 Å². The molecule has 5 heteroatoms. The van der Waals surface area contributed by atoms with Crippen molar-refractivity contribution in [1.29, 1.82) is 0 Å². The molecular formula is C13H15NO4. The molecule has 0 aliphatic carbocycles. The van der Waals surface area contributed by atoms with Crippen LogP contribution in [0.1, 0.15) is 30.1 Å². The lowest BCUT2D eigenvalue weighted by Gasteiger charge is -2.08. The Kier molecular flexibility index (Phi) is 5.05. The first-order valence-electron chi connectivity index (χ1n) is 5.51. The maximum absolute atomic E-state index is 11.6. The highest BCUT2D eigenvalue weighted by Gasteiger charge is 2.13. The van der Waals surface area contributed by atoms with Gasteiger partial charge in [0.2, 0.25) is 5.91 Å². The zero-order valence-electron chi connectivity index (χ0n) is 10.4. The number of nitrogens with one attached hydrogen (secondary N) is 1. The van der Waals surface area contributed by atoms with Gasteiger partial charge >= 0.3 is 5.97 Å². The number of anilines is 1. The monoisotopic (exact) mass is 249 g/mol. The molecule has 1 aromatic rings. The highest BCUT2D eigenvalue weighted by atomic mass is 16.5. The third kappa shape index (κ3) is 4.01. The van der Waals surface area contributed by atoms with Gasteiger partial charge in [0.25, 0.3) is 0 Å². The number of para-hydroxylation sites is 1. The third-order valence-electron chi connectivity index (χ3n) is 2.31.